The van der Waals surface area contributed by atoms with Crippen molar-refractivity contribution in [3.63, 3.8) is 0 Å². The number of carbonyl (C=O) groups excluding carboxylic acids is 2. The fourth-order valence-corrected chi connectivity index (χ4v) is 5.51. The van der Waals surface area contributed by atoms with E-state index in [9.17, 15) is 19.5 Å². The number of carbonyl (C=O) groups is 3. The lowest BCUT2D eigenvalue weighted by molar-refractivity contribution is 0.0694. The molecule has 2 unspecified atom stereocenters. The van der Waals surface area contributed by atoms with Crippen LogP contribution in [0, 0.1) is 0 Å². The molecule has 5 rings (SSSR count). The molecule has 39 heavy (non-hydrogen) atoms. The standard InChI is InChI=1S/C27H27Cl2N3O7/c1-3-14-8-15(4-5-17(14)25(34)35)27(6-7-37-13-27)31-24(33)20-9-18-19(32(20)2)10-21(23(29)22(18)28)38-12-16-11-30-26(36)39-16/h4-5,8-10,16H,3,6-7,11-13H2,1-2H3,(H,30,36)(H,31,33)(H,34,35). The molecule has 2 atom stereocenters. The minimum atomic E-state index is -0.991. The van der Waals surface area contributed by atoms with E-state index in [-0.39, 0.29) is 34.7 Å². The van der Waals surface area contributed by atoms with Gasteiger partial charge in [0, 0.05) is 31.5 Å². The third-order valence-electron chi connectivity index (χ3n) is 7.24. The van der Waals surface area contributed by atoms with Crippen LogP contribution in [0.1, 0.15) is 45.3 Å². The number of ether oxygens (including phenoxy) is 3. The number of carboxylic acid groups (broad SMARTS) is 1. The Balaban J connectivity index is 1.44. The molecule has 3 aromatic rings. The molecule has 2 aliphatic rings. The molecule has 12 heteroatoms. The number of aryl methyl sites for hydroxylation is 2. The van der Waals surface area contributed by atoms with Crippen LogP contribution in [0.4, 0.5) is 4.79 Å². The Morgan fingerprint density at radius 1 is 1.26 bits per heavy atom. The van der Waals surface area contributed by atoms with Gasteiger partial charge in [-0.3, -0.25) is 4.79 Å². The van der Waals surface area contributed by atoms with Crippen LogP contribution in [0.2, 0.25) is 10.0 Å². The second kappa shape index (κ2) is 10.6. The lowest BCUT2D eigenvalue weighted by Crippen LogP contribution is -2.47. The third kappa shape index (κ3) is 4.99. The van der Waals surface area contributed by atoms with Crippen LogP contribution in [-0.2, 0) is 28.5 Å². The Morgan fingerprint density at radius 2 is 2.05 bits per heavy atom. The van der Waals surface area contributed by atoms with E-state index in [0.29, 0.717) is 53.9 Å². The highest BCUT2D eigenvalue weighted by Crippen LogP contribution is 2.40. The number of nitrogens with one attached hydrogen (secondary N) is 2. The summed E-state index contributed by atoms with van der Waals surface area (Å²) >= 11 is 13.1. The van der Waals surface area contributed by atoms with Gasteiger partial charge in [0.2, 0.25) is 0 Å². The number of nitrogens with zero attached hydrogens (tertiary/aromatic N) is 1. The molecule has 2 amide bonds. The lowest BCUT2D eigenvalue weighted by atomic mass is 9.86. The maximum atomic E-state index is 13.7. The molecule has 2 saturated heterocycles. The Bertz CT molecular complexity index is 1480. The zero-order chi connectivity index (χ0) is 27.9. The summed E-state index contributed by atoms with van der Waals surface area (Å²) in [6, 6.07) is 8.50. The number of amides is 2. The highest BCUT2D eigenvalue weighted by Gasteiger charge is 2.39. The second-order valence-electron chi connectivity index (χ2n) is 9.61. The van der Waals surface area contributed by atoms with Crippen molar-refractivity contribution < 1.29 is 33.7 Å². The fourth-order valence-electron chi connectivity index (χ4n) is 5.05. The Hall–Kier alpha value is -3.47. The minimum absolute atomic E-state index is 0.0843. The monoisotopic (exact) mass is 575 g/mol. The Labute approximate surface area is 234 Å². The van der Waals surface area contributed by atoms with E-state index in [0.717, 1.165) is 5.56 Å². The van der Waals surface area contributed by atoms with Crippen molar-refractivity contribution in [3.05, 3.63) is 62.8 Å². The molecular weight excluding hydrogens is 549 g/mol. The quantitative estimate of drug-likeness (QED) is 0.365. The van der Waals surface area contributed by atoms with Crippen LogP contribution in [0.25, 0.3) is 10.9 Å². The Kier molecular flexibility index (Phi) is 7.37. The van der Waals surface area contributed by atoms with Crippen molar-refractivity contribution in [1.29, 1.82) is 0 Å². The normalized spacial score (nSPS) is 20.6. The number of alkyl carbamates (subject to hydrolysis) is 1. The number of fused-ring (bicyclic) bond motifs is 1. The summed E-state index contributed by atoms with van der Waals surface area (Å²) in [5, 5.41) is 16.2. The van der Waals surface area contributed by atoms with Crippen LogP contribution < -0.4 is 15.4 Å². The average Bonchev–Trinajstić information content (AvgIpc) is 3.64. The Morgan fingerprint density at radius 3 is 2.69 bits per heavy atom. The van der Waals surface area contributed by atoms with Gasteiger partial charge in [-0.1, -0.05) is 42.3 Å². The number of hydrogen-bond acceptors (Lipinski definition) is 6. The van der Waals surface area contributed by atoms with Crippen LogP contribution >= 0.6 is 23.2 Å². The number of hydrogen-bond donors (Lipinski definition) is 3. The van der Waals surface area contributed by atoms with E-state index >= 15 is 0 Å². The first-order valence-electron chi connectivity index (χ1n) is 12.4. The smallest absolute Gasteiger partial charge is 0.407 e. The number of benzene rings is 2. The maximum Gasteiger partial charge on any atom is 0.407 e. The molecule has 0 spiro atoms. The minimum Gasteiger partial charge on any atom is -0.488 e. The summed E-state index contributed by atoms with van der Waals surface area (Å²) in [4.78, 5) is 36.6. The molecular formula is C27H27Cl2N3O7. The maximum absolute atomic E-state index is 13.7. The summed E-state index contributed by atoms with van der Waals surface area (Å²) in [6.07, 6.45) is 0.104. The SMILES string of the molecule is CCc1cc(C2(NC(=O)c3cc4c(Cl)c(Cl)c(OCC5CNC(=O)O5)cc4n3C)CCOC2)ccc1C(=O)O. The number of carboxylic acids is 1. The largest absolute Gasteiger partial charge is 0.488 e. The average molecular weight is 576 g/mol. The summed E-state index contributed by atoms with van der Waals surface area (Å²) in [7, 11) is 1.74. The fraction of sp³-hybridized carbons (Fsp3) is 0.370. The summed E-state index contributed by atoms with van der Waals surface area (Å²) < 4.78 is 18.3. The van der Waals surface area contributed by atoms with E-state index in [1.165, 1.54) is 0 Å². The number of aromatic carboxylic acids is 1. The van der Waals surface area contributed by atoms with Crippen molar-refractivity contribution in [3.8, 4) is 5.75 Å². The van der Waals surface area contributed by atoms with Crippen LogP contribution in [0.5, 0.6) is 5.75 Å². The van der Waals surface area contributed by atoms with Crippen molar-refractivity contribution >= 4 is 52.1 Å². The van der Waals surface area contributed by atoms with Gasteiger partial charge in [-0.25, -0.2) is 9.59 Å². The molecule has 1 aromatic heterocycles. The van der Waals surface area contributed by atoms with E-state index in [1.54, 1.807) is 35.9 Å². The molecule has 2 aliphatic heterocycles. The molecule has 10 nitrogen and oxygen atoms in total. The zero-order valence-electron chi connectivity index (χ0n) is 21.3. The summed E-state index contributed by atoms with van der Waals surface area (Å²) in [5.41, 5.74) is 1.86. The number of cyclic esters (lactones) is 1. The molecule has 0 radical (unpaired) electrons. The first-order valence-corrected chi connectivity index (χ1v) is 13.2. The molecule has 0 saturated carbocycles. The van der Waals surface area contributed by atoms with Gasteiger partial charge < -0.3 is 34.5 Å². The molecule has 206 valence electrons. The zero-order valence-corrected chi connectivity index (χ0v) is 22.8. The van der Waals surface area contributed by atoms with Gasteiger partial charge in [-0.2, -0.15) is 0 Å². The molecule has 3 N–H and O–H groups in total. The van der Waals surface area contributed by atoms with Gasteiger partial charge in [0.1, 0.15) is 23.1 Å². The van der Waals surface area contributed by atoms with Gasteiger partial charge in [0.15, 0.2) is 6.10 Å². The predicted octanol–water partition coefficient (Wildman–Crippen LogP) is 4.28. The highest BCUT2D eigenvalue weighted by molar-refractivity contribution is 6.46. The third-order valence-corrected chi connectivity index (χ3v) is 8.11. The number of rotatable bonds is 8. The first-order chi connectivity index (χ1) is 18.6. The topological polar surface area (TPSA) is 128 Å². The van der Waals surface area contributed by atoms with E-state index < -0.39 is 23.7 Å². The van der Waals surface area contributed by atoms with E-state index in [1.807, 2.05) is 13.0 Å². The molecule has 2 fully saturated rings. The highest BCUT2D eigenvalue weighted by atomic mass is 35.5. The van der Waals surface area contributed by atoms with E-state index in [2.05, 4.69) is 10.6 Å². The van der Waals surface area contributed by atoms with Gasteiger partial charge in [-0.05, 0) is 29.7 Å². The molecule has 3 heterocycles. The summed E-state index contributed by atoms with van der Waals surface area (Å²) in [6.45, 7) is 3.00. The van der Waals surface area contributed by atoms with Crippen LogP contribution in [0.3, 0.4) is 0 Å². The van der Waals surface area contributed by atoms with Crippen LogP contribution in [0.15, 0.2) is 30.3 Å². The lowest BCUT2D eigenvalue weighted by Gasteiger charge is -2.30. The molecule has 0 aliphatic carbocycles. The first kappa shape index (κ1) is 27.1. The van der Waals surface area contributed by atoms with Crippen molar-refractivity contribution in [2.45, 2.75) is 31.4 Å². The van der Waals surface area contributed by atoms with Crippen molar-refractivity contribution in [2.75, 3.05) is 26.4 Å². The molecule has 0 bridgehead atoms. The van der Waals surface area contributed by atoms with Crippen LogP contribution in [-0.4, -0.2) is 60.1 Å². The van der Waals surface area contributed by atoms with Gasteiger partial charge in [-0.15, -0.1) is 0 Å². The summed E-state index contributed by atoms with van der Waals surface area (Å²) in [5.74, 6) is -1.04. The second-order valence-corrected chi connectivity index (χ2v) is 10.4. The van der Waals surface area contributed by atoms with E-state index in [4.69, 9.17) is 37.4 Å². The number of aromatic nitrogens is 1. The van der Waals surface area contributed by atoms with Crippen molar-refractivity contribution in [1.82, 2.24) is 15.2 Å². The number of halogens is 2. The van der Waals surface area contributed by atoms with Gasteiger partial charge >= 0.3 is 12.1 Å². The predicted molar refractivity (Wildman–Crippen MR) is 144 cm³/mol. The molecule has 2 aromatic carbocycles. The van der Waals surface area contributed by atoms with Gasteiger partial charge in [0.25, 0.3) is 5.91 Å². The van der Waals surface area contributed by atoms with Crippen molar-refractivity contribution in [2.24, 2.45) is 7.05 Å². The van der Waals surface area contributed by atoms with Gasteiger partial charge in [0.05, 0.1) is 34.8 Å².